The summed E-state index contributed by atoms with van der Waals surface area (Å²) in [5.74, 6) is -1.03. The second-order valence-electron chi connectivity index (χ2n) is 5.50. The van der Waals surface area contributed by atoms with Crippen LogP contribution in [-0.2, 0) is 9.53 Å². The largest absolute Gasteiger partial charge is 0.486 e. The van der Waals surface area contributed by atoms with Gasteiger partial charge in [-0.1, -0.05) is 23.7 Å². The van der Waals surface area contributed by atoms with Gasteiger partial charge in [0.05, 0.1) is 12.1 Å². The molecule has 0 unspecified atom stereocenters. The van der Waals surface area contributed by atoms with Gasteiger partial charge in [0.2, 0.25) is 0 Å². The van der Waals surface area contributed by atoms with Gasteiger partial charge < -0.3 is 19.5 Å². The molecular weight excluding hydrogens is 365 g/mol. The average Bonchev–Trinajstić information content (AvgIpc) is 2.66. The Hall–Kier alpha value is -2.80. The summed E-state index contributed by atoms with van der Waals surface area (Å²) in [6.45, 7) is -0.0873. The number of fused-ring (bicyclic) bond motifs is 1. The maximum atomic E-state index is 13.6. The third-order valence-corrected chi connectivity index (χ3v) is 3.81. The van der Waals surface area contributed by atoms with E-state index in [-0.39, 0.29) is 29.8 Å². The van der Waals surface area contributed by atoms with Gasteiger partial charge in [-0.2, -0.15) is 0 Å². The van der Waals surface area contributed by atoms with Crippen molar-refractivity contribution in [1.29, 1.82) is 0 Å². The highest BCUT2D eigenvalue weighted by molar-refractivity contribution is 6.30. The fourth-order valence-electron chi connectivity index (χ4n) is 2.31. The Balaban J connectivity index is 1.45. The van der Waals surface area contributed by atoms with Gasteiger partial charge in [0.25, 0.3) is 5.91 Å². The number of amides is 1. The molecule has 136 valence electrons. The van der Waals surface area contributed by atoms with Crippen LogP contribution in [0.3, 0.4) is 0 Å². The van der Waals surface area contributed by atoms with E-state index in [4.69, 9.17) is 25.8 Å². The smallest absolute Gasteiger partial charge is 0.341 e. The molecule has 0 bridgehead atoms. The molecule has 6 nitrogen and oxygen atoms in total. The van der Waals surface area contributed by atoms with Crippen molar-refractivity contribution < 1.29 is 28.2 Å². The van der Waals surface area contributed by atoms with E-state index >= 15 is 0 Å². The van der Waals surface area contributed by atoms with Crippen LogP contribution in [-0.4, -0.2) is 37.7 Å². The molecule has 26 heavy (non-hydrogen) atoms. The van der Waals surface area contributed by atoms with Crippen molar-refractivity contribution in [2.24, 2.45) is 0 Å². The standard InChI is InChI=1S/C18H15ClFNO5/c19-11-5-6-14(20)13(7-11)18(23)25-10-17(22)21-8-12-9-24-15-3-1-2-4-16(15)26-12/h1-7,12H,8-10H2,(H,21,22)/t12-/m0/s1. The number of hydrogen-bond acceptors (Lipinski definition) is 5. The molecule has 0 saturated carbocycles. The highest BCUT2D eigenvalue weighted by atomic mass is 35.5. The van der Waals surface area contributed by atoms with E-state index in [1.165, 1.54) is 6.07 Å². The summed E-state index contributed by atoms with van der Waals surface area (Å²) in [6, 6.07) is 10.7. The molecule has 1 amide bonds. The summed E-state index contributed by atoms with van der Waals surface area (Å²) < 4.78 is 29.6. The molecule has 8 heteroatoms. The van der Waals surface area contributed by atoms with E-state index in [1.54, 1.807) is 12.1 Å². The first kappa shape index (κ1) is 18.0. The van der Waals surface area contributed by atoms with Crippen molar-refractivity contribution >= 4 is 23.5 Å². The number of carbonyl (C=O) groups excluding carboxylic acids is 2. The fraction of sp³-hybridized carbons (Fsp3) is 0.222. The second-order valence-corrected chi connectivity index (χ2v) is 5.94. The lowest BCUT2D eigenvalue weighted by Crippen LogP contribution is -2.42. The van der Waals surface area contributed by atoms with E-state index in [0.29, 0.717) is 11.5 Å². The minimum absolute atomic E-state index is 0.177. The first-order valence-corrected chi connectivity index (χ1v) is 8.18. The number of rotatable bonds is 5. The highest BCUT2D eigenvalue weighted by Crippen LogP contribution is 2.30. The summed E-state index contributed by atoms with van der Waals surface area (Å²) in [5, 5.41) is 2.77. The number of halogens is 2. The van der Waals surface area contributed by atoms with Crippen molar-refractivity contribution in [2.75, 3.05) is 19.8 Å². The van der Waals surface area contributed by atoms with Crippen LogP contribution >= 0.6 is 11.6 Å². The molecule has 1 heterocycles. The normalized spacial score (nSPS) is 15.2. The molecular formula is C18H15ClFNO5. The van der Waals surface area contributed by atoms with Gasteiger partial charge >= 0.3 is 5.97 Å². The molecule has 1 aliphatic heterocycles. The van der Waals surface area contributed by atoms with Crippen molar-refractivity contribution in [3.05, 3.63) is 58.9 Å². The third-order valence-electron chi connectivity index (χ3n) is 3.58. The maximum absolute atomic E-state index is 13.6. The lowest BCUT2D eigenvalue weighted by molar-refractivity contribution is -0.124. The molecule has 1 aliphatic rings. The topological polar surface area (TPSA) is 73.9 Å². The van der Waals surface area contributed by atoms with Gasteiger partial charge in [0.1, 0.15) is 18.5 Å². The molecule has 3 rings (SSSR count). The van der Waals surface area contributed by atoms with Crippen molar-refractivity contribution in [3.8, 4) is 11.5 Å². The Morgan fingerprint density at radius 2 is 2.00 bits per heavy atom. The quantitative estimate of drug-likeness (QED) is 0.808. The summed E-state index contributed by atoms with van der Waals surface area (Å²) in [5.41, 5.74) is -0.328. The number of benzene rings is 2. The van der Waals surface area contributed by atoms with E-state index in [0.717, 1.165) is 12.1 Å². The first-order valence-electron chi connectivity index (χ1n) is 7.80. The van der Waals surface area contributed by atoms with Crippen LogP contribution in [0.5, 0.6) is 11.5 Å². The molecule has 2 aromatic carbocycles. The zero-order valence-electron chi connectivity index (χ0n) is 13.5. The van der Waals surface area contributed by atoms with Gasteiger partial charge in [-0.3, -0.25) is 4.79 Å². The van der Waals surface area contributed by atoms with Crippen LogP contribution in [0.25, 0.3) is 0 Å². The summed E-state index contributed by atoms with van der Waals surface area (Å²) in [4.78, 5) is 23.6. The van der Waals surface area contributed by atoms with Crippen molar-refractivity contribution in [2.45, 2.75) is 6.10 Å². The van der Waals surface area contributed by atoms with Crippen LogP contribution < -0.4 is 14.8 Å². The van der Waals surface area contributed by atoms with Crippen LogP contribution in [0.4, 0.5) is 4.39 Å². The average molecular weight is 380 g/mol. The molecule has 0 radical (unpaired) electrons. The maximum Gasteiger partial charge on any atom is 0.341 e. The van der Waals surface area contributed by atoms with Gasteiger partial charge in [-0.25, -0.2) is 9.18 Å². The van der Waals surface area contributed by atoms with E-state index in [2.05, 4.69) is 5.32 Å². The predicted octanol–water partition coefficient (Wildman–Crippen LogP) is 2.59. The van der Waals surface area contributed by atoms with E-state index < -0.39 is 24.3 Å². The molecule has 0 saturated heterocycles. The molecule has 2 aromatic rings. The Labute approximate surface area is 153 Å². The SMILES string of the molecule is O=C(COC(=O)c1cc(Cl)ccc1F)NC[C@H]1COc2ccccc2O1. The molecule has 0 aliphatic carbocycles. The summed E-state index contributed by atoms with van der Waals surface area (Å²) in [7, 11) is 0. The first-order chi connectivity index (χ1) is 12.5. The lowest BCUT2D eigenvalue weighted by Gasteiger charge is -2.26. The number of hydrogen-bond donors (Lipinski definition) is 1. The van der Waals surface area contributed by atoms with Gasteiger partial charge in [0, 0.05) is 5.02 Å². The zero-order chi connectivity index (χ0) is 18.5. The van der Waals surface area contributed by atoms with E-state index in [9.17, 15) is 14.0 Å². The Morgan fingerprint density at radius 3 is 2.81 bits per heavy atom. The lowest BCUT2D eigenvalue weighted by atomic mass is 10.2. The van der Waals surface area contributed by atoms with Crippen molar-refractivity contribution in [3.63, 3.8) is 0 Å². The predicted molar refractivity (Wildman–Crippen MR) is 91.1 cm³/mol. The van der Waals surface area contributed by atoms with Crippen LogP contribution in [0.15, 0.2) is 42.5 Å². The number of ether oxygens (including phenoxy) is 3. The zero-order valence-corrected chi connectivity index (χ0v) is 14.3. The molecule has 0 aromatic heterocycles. The number of esters is 1. The van der Waals surface area contributed by atoms with Gasteiger partial charge in [-0.05, 0) is 30.3 Å². The highest BCUT2D eigenvalue weighted by Gasteiger charge is 2.21. The van der Waals surface area contributed by atoms with Crippen LogP contribution in [0, 0.1) is 5.82 Å². The Kier molecular flexibility index (Phi) is 5.58. The third kappa shape index (κ3) is 4.43. The van der Waals surface area contributed by atoms with Gasteiger partial charge in [-0.15, -0.1) is 0 Å². The molecule has 1 atom stereocenters. The summed E-state index contributed by atoms with van der Waals surface area (Å²) in [6.07, 6.45) is -0.366. The van der Waals surface area contributed by atoms with Crippen molar-refractivity contribution in [1.82, 2.24) is 5.32 Å². The number of para-hydroxylation sites is 2. The molecule has 1 N–H and O–H groups in total. The number of carbonyl (C=O) groups is 2. The fourth-order valence-corrected chi connectivity index (χ4v) is 2.48. The van der Waals surface area contributed by atoms with Crippen LogP contribution in [0.1, 0.15) is 10.4 Å². The molecule has 0 fully saturated rings. The monoisotopic (exact) mass is 379 g/mol. The Bertz CT molecular complexity index is 829. The Morgan fingerprint density at radius 1 is 1.23 bits per heavy atom. The summed E-state index contributed by atoms with van der Waals surface area (Å²) >= 11 is 5.72. The van der Waals surface area contributed by atoms with Gasteiger partial charge in [0.15, 0.2) is 18.1 Å². The second kappa shape index (κ2) is 8.05. The molecule has 0 spiro atoms. The number of nitrogens with one attached hydrogen (secondary N) is 1. The minimum atomic E-state index is -0.966. The minimum Gasteiger partial charge on any atom is -0.486 e. The van der Waals surface area contributed by atoms with Crippen LogP contribution in [0.2, 0.25) is 5.02 Å². The van der Waals surface area contributed by atoms with E-state index in [1.807, 2.05) is 12.1 Å².